The van der Waals surface area contributed by atoms with Crippen molar-refractivity contribution in [3.05, 3.63) is 29.8 Å². The van der Waals surface area contributed by atoms with Crippen LogP contribution in [0, 0.1) is 6.92 Å². The normalized spacial score (nSPS) is 12.6. The Morgan fingerprint density at radius 1 is 1.21 bits per heavy atom. The molecule has 0 saturated heterocycles. The first kappa shape index (κ1) is 20.0. The van der Waals surface area contributed by atoms with Gasteiger partial charge in [-0.1, -0.05) is 18.2 Å². The maximum Gasteiger partial charge on any atom is 0.327 e. The maximum absolute atomic E-state index is 12.1. The van der Waals surface area contributed by atoms with Gasteiger partial charge in [-0.25, -0.2) is 8.42 Å². The minimum atomic E-state index is -3.68. The van der Waals surface area contributed by atoms with Crippen LogP contribution < -0.4 is 9.62 Å². The number of hydrogen-bond acceptors (Lipinski definition) is 5. The number of carbonyl (C=O) groups excluding carboxylic acids is 2. The van der Waals surface area contributed by atoms with Gasteiger partial charge in [-0.05, 0) is 39.3 Å². The molecule has 0 aliphatic heterocycles. The summed E-state index contributed by atoms with van der Waals surface area (Å²) in [4.78, 5) is 23.9. The highest BCUT2D eigenvalue weighted by Crippen LogP contribution is 2.21. The zero-order valence-electron chi connectivity index (χ0n) is 14.6. The van der Waals surface area contributed by atoms with Crippen LogP contribution in [0.15, 0.2) is 24.3 Å². The van der Waals surface area contributed by atoms with Crippen LogP contribution in [-0.4, -0.2) is 45.2 Å². The molecule has 1 N–H and O–H groups in total. The number of anilines is 1. The molecule has 1 amide bonds. The lowest BCUT2D eigenvalue weighted by Gasteiger charge is -2.24. The van der Waals surface area contributed by atoms with Crippen LogP contribution >= 0.6 is 0 Å². The summed E-state index contributed by atoms with van der Waals surface area (Å²) in [7, 11) is -3.68. The van der Waals surface area contributed by atoms with Gasteiger partial charge in [0.15, 0.2) is 6.10 Å². The summed E-state index contributed by atoms with van der Waals surface area (Å²) in [6.07, 6.45) is 0.0138. The minimum absolute atomic E-state index is 0.0851. The first-order valence-electron chi connectivity index (χ1n) is 7.55. The molecular formula is C16H24N2O5S. The number of nitrogens with zero attached hydrogens (tertiary/aromatic N) is 1. The third-order valence-electron chi connectivity index (χ3n) is 3.17. The number of rotatable bonds is 7. The van der Waals surface area contributed by atoms with Crippen LogP contribution in [0.1, 0.15) is 26.3 Å². The predicted molar refractivity (Wildman–Crippen MR) is 92.2 cm³/mol. The Bertz CT molecular complexity index is 700. The number of ether oxygens (including phenoxy) is 1. The number of esters is 1. The topological polar surface area (TPSA) is 92.8 Å². The molecule has 1 aromatic carbocycles. The van der Waals surface area contributed by atoms with E-state index in [2.05, 4.69) is 5.32 Å². The molecule has 1 atom stereocenters. The molecule has 8 heteroatoms. The van der Waals surface area contributed by atoms with E-state index in [1.165, 1.54) is 6.92 Å². The highest BCUT2D eigenvalue weighted by Gasteiger charge is 2.25. The summed E-state index contributed by atoms with van der Waals surface area (Å²) >= 11 is 0. The molecule has 0 aliphatic carbocycles. The number of nitrogens with one attached hydrogen (secondary N) is 1. The van der Waals surface area contributed by atoms with Gasteiger partial charge in [0, 0.05) is 6.04 Å². The molecule has 0 saturated carbocycles. The Morgan fingerprint density at radius 3 is 2.29 bits per heavy atom. The molecule has 0 bridgehead atoms. The quantitative estimate of drug-likeness (QED) is 0.742. The molecule has 1 rings (SSSR count). The second kappa shape index (κ2) is 8.14. The molecule has 134 valence electrons. The van der Waals surface area contributed by atoms with Crippen LogP contribution in [0.5, 0.6) is 0 Å². The van der Waals surface area contributed by atoms with Crippen molar-refractivity contribution in [3.63, 3.8) is 0 Å². The lowest BCUT2D eigenvalue weighted by Crippen LogP contribution is -2.42. The molecule has 0 radical (unpaired) electrons. The fourth-order valence-electron chi connectivity index (χ4n) is 2.03. The molecule has 0 fully saturated rings. The molecule has 0 heterocycles. The van der Waals surface area contributed by atoms with Gasteiger partial charge in [-0.2, -0.15) is 0 Å². The van der Waals surface area contributed by atoms with E-state index in [1.54, 1.807) is 45.0 Å². The molecular weight excluding hydrogens is 332 g/mol. The number of hydrogen-bond donors (Lipinski definition) is 1. The van der Waals surface area contributed by atoms with Crippen LogP contribution in [0.2, 0.25) is 0 Å². The van der Waals surface area contributed by atoms with E-state index in [0.717, 1.165) is 10.6 Å². The van der Waals surface area contributed by atoms with Crippen molar-refractivity contribution in [2.24, 2.45) is 0 Å². The van der Waals surface area contributed by atoms with Crippen molar-refractivity contribution >= 4 is 27.6 Å². The molecule has 1 aromatic rings. The van der Waals surface area contributed by atoms with Gasteiger partial charge < -0.3 is 10.1 Å². The Morgan fingerprint density at radius 2 is 1.79 bits per heavy atom. The zero-order chi connectivity index (χ0) is 18.5. The second-order valence-corrected chi connectivity index (χ2v) is 7.76. The van der Waals surface area contributed by atoms with Gasteiger partial charge in [-0.15, -0.1) is 0 Å². The van der Waals surface area contributed by atoms with Crippen molar-refractivity contribution in [2.45, 2.75) is 39.8 Å². The van der Waals surface area contributed by atoms with E-state index in [1.807, 2.05) is 0 Å². The Hall–Kier alpha value is -2.09. The largest absolute Gasteiger partial charge is 0.451 e. The fourth-order valence-corrected chi connectivity index (χ4v) is 2.93. The SMILES string of the molecule is Cc1ccccc1N(CC(=O)OC(C)C(=O)NC(C)C)S(C)(=O)=O. The van der Waals surface area contributed by atoms with E-state index in [-0.39, 0.29) is 6.04 Å². The number of benzene rings is 1. The molecule has 24 heavy (non-hydrogen) atoms. The van der Waals surface area contributed by atoms with Crippen molar-refractivity contribution in [1.82, 2.24) is 5.32 Å². The van der Waals surface area contributed by atoms with E-state index >= 15 is 0 Å². The van der Waals surface area contributed by atoms with Crippen LogP contribution in [0.25, 0.3) is 0 Å². The lowest BCUT2D eigenvalue weighted by molar-refractivity contribution is -0.153. The molecule has 1 unspecified atom stereocenters. The summed E-state index contributed by atoms with van der Waals surface area (Å²) in [5.74, 6) is -1.23. The third-order valence-corrected chi connectivity index (χ3v) is 4.29. The lowest BCUT2D eigenvalue weighted by atomic mass is 10.2. The van der Waals surface area contributed by atoms with Gasteiger partial charge in [0.2, 0.25) is 10.0 Å². The van der Waals surface area contributed by atoms with Gasteiger partial charge in [0.25, 0.3) is 5.91 Å². The third kappa shape index (κ3) is 5.84. The first-order valence-corrected chi connectivity index (χ1v) is 9.40. The van der Waals surface area contributed by atoms with Crippen LogP contribution in [-0.2, 0) is 24.3 Å². The average Bonchev–Trinajstić information content (AvgIpc) is 2.43. The summed E-state index contributed by atoms with van der Waals surface area (Å²) in [6, 6.07) is 6.73. The highest BCUT2D eigenvalue weighted by atomic mass is 32.2. The van der Waals surface area contributed by atoms with Crippen molar-refractivity contribution in [3.8, 4) is 0 Å². The zero-order valence-corrected chi connectivity index (χ0v) is 15.4. The second-order valence-electron chi connectivity index (χ2n) is 5.85. The van der Waals surface area contributed by atoms with Crippen LogP contribution in [0.4, 0.5) is 5.69 Å². The molecule has 0 aliphatic rings. The highest BCUT2D eigenvalue weighted by molar-refractivity contribution is 7.92. The number of para-hydroxylation sites is 1. The predicted octanol–water partition coefficient (Wildman–Crippen LogP) is 1.22. The van der Waals surface area contributed by atoms with Gasteiger partial charge >= 0.3 is 5.97 Å². The summed E-state index contributed by atoms with van der Waals surface area (Å²) in [6.45, 7) is 6.26. The Balaban J connectivity index is 2.88. The fraction of sp³-hybridized carbons (Fsp3) is 0.500. The van der Waals surface area contributed by atoms with Gasteiger partial charge in [0.1, 0.15) is 6.54 Å². The molecule has 0 spiro atoms. The summed E-state index contributed by atoms with van der Waals surface area (Å²) in [5, 5.41) is 2.62. The van der Waals surface area contributed by atoms with E-state index in [4.69, 9.17) is 4.74 Å². The number of carbonyl (C=O) groups is 2. The number of amides is 1. The van der Waals surface area contributed by atoms with E-state index in [0.29, 0.717) is 11.3 Å². The molecule has 0 aromatic heterocycles. The van der Waals surface area contributed by atoms with Crippen molar-refractivity contribution in [1.29, 1.82) is 0 Å². The number of sulfonamides is 1. The summed E-state index contributed by atoms with van der Waals surface area (Å²) in [5.41, 5.74) is 1.11. The molecule has 7 nitrogen and oxygen atoms in total. The minimum Gasteiger partial charge on any atom is -0.451 e. The smallest absolute Gasteiger partial charge is 0.327 e. The van der Waals surface area contributed by atoms with Gasteiger partial charge in [0.05, 0.1) is 11.9 Å². The Kier molecular flexibility index (Phi) is 6.77. The van der Waals surface area contributed by atoms with Gasteiger partial charge in [-0.3, -0.25) is 13.9 Å². The van der Waals surface area contributed by atoms with Crippen LogP contribution in [0.3, 0.4) is 0 Å². The summed E-state index contributed by atoms with van der Waals surface area (Å²) < 4.78 is 30.1. The van der Waals surface area contributed by atoms with Crippen molar-refractivity contribution in [2.75, 3.05) is 17.1 Å². The standard InChI is InChI=1S/C16H24N2O5S/c1-11(2)17-16(20)13(4)23-15(19)10-18(24(5,21)22)14-9-7-6-8-12(14)3/h6-9,11,13H,10H2,1-5H3,(H,17,20). The van der Waals surface area contributed by atoms with E-state index < -0.39 is 34.5 Å². The Labute approximate surface area is 143 Å². The monoisotopic (exact) mass is 356 g/mol. The van der Waals surface area contributed by atoms with E-state index in [9.17, 15) is 18.0 Å². The first-order chi connectivity index (χ1) is 11.0. The maximum atomic E-state index is 12.1. The number of aryl methyl sites for hydroxylation is 1. The van der Waals surface area contributed by atoms with Crippen molar-refractivity contribution < 1.29 is 22.7 Å². The average molecular weight is 356 g/mol.